The third kappa shape index (κ3) is 4.03. The lowest BCUT2D eigenvalue weighted by Crippen LogP contribution is -2.41. The Kier molecular flexibility index (Phi) is 4.01. The van der Waals surface area contributed by atoms with Gasteiger partial charge in [0.15, 0.2) is 0 Å². The Bertz CT molecular complexity index is 436. The molecule has 1 amide bonds. The number of nitrogens with one attached hydrogen (secondary N) is 1. The zero-order chi connectivity index (χ0) is 14.0. The molecule has 6 heteroatoms. The van der Waals surface area contributed by atoms with E-state index >= 15 is 0 Å². The van der Waals surface area contributed by atoms with Crippen molar-refractivity contribution in [3.63, 3.8) is 0 Å². The summed E-state index contributed by atoms with van der Waals surface area (Å²) in [5.74, 6) is -0.639. The van der Waals surface area contributed by atoms with Crippen LogP contribution < -0.4 is 5.32 Å². The average Bonchev–Trinajstić information content (AvgIpc) is 2.23. The summed E-state index contributed by atoms with van der Waals surface area (Å²) in [6.45, 7) is 2.54. The largest absolute Gasteiger partial charge is 0.416 e. The van der Waals surface area contributed by atoms with Gasteiger partial charge in [0.2, 0.25) is 0 Å². The lowest BCUT2D eigenvalue weighted by Gasteiger charge is -2.17. The predicted molar refractivity (Wildman–Crippen MR) is 59.6 cm³/mol. The van der Waals surface area contributed by atoms with Crippen LogP contribution in [0.5, 0.6) is 0 Å². The molecular weight excluding hydrogens is 247 g/mol. The number of rotatable bonds is 3. The molecule has 1 aromatic carbocycles. The van der Waals surface area contributed by atoms with Gasteiger partial charge in [-0.3, -0.25) is 4.79 Å². The van der Waals surface area contributed by atoms with Crippen molar-refractivity contribution in [2.45, 2.75) is 32.2 Å². The minimum Gasteiger partial charge on any atom is -0.381 e. The number of hydrogen-bond acceptors (Lipinski definition) is 2. The highest BCUT2D eigenvalue weighted by Crippen LogP contribution is 2.29. The summed E-state index contributed by atoms with van der Waals surface area (Å²) in [6, 6.07) is 4.67. The van der Waals surface area contributed by atoms with E-state index in [4.69, 9.17) is 0 Å². The van der Waals surface area contributed by atoms with Gasteiger partial charge in [0, 0.05) is 6.54 Å². The SMILES string of the molecule is CC(C)(O)C(=O)NCc1cccc(C(F)(F)F)c1. The summed E-state index contributed by atoms with van der Waals surface area (Å²) in [5, 5.41) is 11.7. The van der Waals surface area contributed by atoms with Crippen molar-refractivity contribution < 1.29 is 23.1 Å². The second kappa shape index (κ2) is 4.97. The zero-order valence-electron chi connectivity index (χ0n) is 10.0. The van der Waals surface area contributed by atoms with Crippen LogP contribution in [0.1, 0.15) is 25.0 Å². The summed E-state index contributed by atoms with van der Waals surface area (Å²) in [6.07, 6.45) is -4.41. The van der Waals surface area contributed by atoms with Crippen LogP contribution in [0.3, 0.4) is 0 Å². The molecule has 100 valence electrons. The molecule has 0 unspecified atom stereocenters. The fourth-order valence-electron chi connectivity index (χ4n) is 1.26. The Labute approximate surface area is 103 Å². The van der Waals surface area contributed by atoms with Gasteiger partial charge in [-0.15, -0.1) is 0 Å². The fourth-order valence-corrected chi connectivity index (χ4v) is 1.26. The first-order valence-corrected chi connectivity index (χ1v) is 5.27. The molecule has 0 saturated heterocycles. The number of aliphatic hydroxyl groups is 1. The van der Waals surface area contributed by atoms with Crippen molar-refractivity contribution in [1.82, 2.24) is 5.32 Å². The van der Waals surface area contributed by atoms with E-state index in [1.54, 1.807) is 0 Å². The van der Waals surface area contributed by atoms with Gasteiger partial charge in [-0.25, -0.2) is 0 Å². The summed E-state index contributed by atoms with van der Waals surface area (Å²) in [5.41, 5.74) is -2.00. The molecular formula is C12H14F3NO2. The maximum Gasteiger partial charge on any atom is 0.416 e. The van der Waals surface area contributed by atoms with Crippen molar-refractivity contribution in [2.24, 2.45) is 0 Å². The Morgan fingerprint density at radius 1 is 1.33 bits per heavy atom. The zero-order valence-corrected chi connectivity index (χ0v) is 10.0. The Hall–Kier alpha value is -1.56. The van der Waals surface area contributed by atoms with E-state index < -0.39 is 23.2 Å². The third-order valence-corrected chi connectivity index (χ3v) is 2.26. The van der Waals surface area contributed by atoms with Gasteiger partial charge in [-0.2, -0.15) is 13.2 Å². The molecule has 0 bridgehead atoms. The molecule has 0 spiro atoms. The van der Waals surface area contributed by atoms with E-state index in [1.807, 2.05) is 0 Å². The van der Waals surface area contributed by atoms with Gasteiger partial charge in [0.1, 0.15) is 5.60 Å². The molecule has 0 aliphatic carbocycles. The molecule has 0 fully saturated rings. The number of alkyl halides is 3. The maximum atomic E-state index is 12.4. The first kappa shape index (κ1) is 14.5. The first-order chi connectivity index (χ1) is 8.10. The van der Waals surface area contributed by atoms with Gasteiger partial charge in [-0.05, 0) is 31.5 Å². The van der Waals surface area contributed by atoms with Gasteiger partial charge in [0.05, 0.1) is 5.56 Å². The van der Waals surface area contributed by atoms with Crippen LogP contribution in [0.15, 0.2) is 24.3 Å². The number of carbonyl (C=O) groups excluding carboxylic acids is 1. The van der Waals surface area contributed by atoms with Crippen LogP contribution in [0.25, 0.3) is 0 Å². The van der Waals surface area contributed by atoms with Crippen LogP contribution in [0.2, 0.25) is 0 Å². The van der Waals surface area contributed by atoms with Crippen molar-refractivity contribution in [3.05, 3.63) is 35.4 Å². The molecule has 2 N–H and O–H groups in total. The summed E-state index contributed by atoms with van der Waals surface area (Å²) < 4.78 is 37.3. The van der Waals surface area contributed by atoms with E-state index in [0.29, 0.717) is 5.56 Å². The highest BCUT2D eigenvalue weighted by atomic mass is 19.4. The van der Waals surface area contributed by atoms with E-state index in [1.165, 1.54) is 26.0 Å². The van der Waals surface area contributed by atoms with Gasteiger partial charge < -0.3 is 10.4 Å². The number of amides is 1. The van der Waals surface area contributed by atoms with Crippen LogP contribution in [0, 0.1) is 0 Å². The lowest BCUT2D eigenvalue weighted by atomic mass is 10.1. The average molecular weight is 261 g/mol. The monoisotopic (exact) mass is 261 g/mol. The van der Waals surface area contributed by atoms with Crippen molar-refractivity contribution in [2.75, 3.05) is 0 Å². The molecule has 18 heavy (non-hydrogen) atoms. The topological polar surface area (TPSA) is 49.3 Å². The van der Waals surface area contributed by atoms with Crippen molar-refractivity contribution in [1.29, 1.82) is 0 Å². The van der Waals surface area contributed by atoms with Crippen LogP contribution in [0.4, 0.5) is 13.2 Å². The molecule has 0 aromatic heterocycles. The molecule has 1 aromatic rings. The van der Waals surface area contributed by atoms with Crippen LogP contribution >= 0.6 is 0 Å². The summed E-state index contributed by atoms with van der Waals surface area (Å²) >= 11 is 0. The third-order valence-electron chi connectivity index (χ3n) is 2.26. The van der Waals surface area contributed by atoms with E-state index in [-0.39, 0.29) is 6.54 Å². The second-order valence-electron chi connectivity index (χ2n) is 4.44. The van der Waals surface area contributed by atoms with Crippen LogP contribution in [-0.2, 0) is 17.5 Å². The first-order valence-electron chi connectivity index (χ1n) is 5.27. The lowest BCUT2D eigenvalue weighted by molar-refractivity contribution is -0.137. The molecule has 0 saturated carbocycles. The molecule has 0 aliphatic rings. The van der Waals surface area contributed by atoms with Crippen molar-refractivity contribution >= 4 is 5.91 Å². The summed E-state index contributed by atoms with van der Waals surface area (Å²) in [4.78, 5) is 11.3. The van der Waals surface area contributed by atoms with E-state index in [0.717, 1.165) is 12.1 Å². The maximum absolute atomic E-state index is 12.4. The summed E-state index contributed by atoms with van der Waals surface area (Å²) in [7, 11) is 0. The molecule has 0 heterocycles. The Balaban J connectivity index is 2.73. The normalized spacial score (nSPS) is 12.3. The highest BCUT2D eigenvalue weighted by molar-refractivity contribution is 5.83. The number of hydrogen-bond donors (Lipinski definition) is 2. The predicted octanol–water partition coefficient (Wildman–Crippen LogP) is 2.09. The minimum atomic E-state index is -4.41. The number of halogens is 3. The molecule has 3 nitrogen and oxygen atoms in total. The molecule has 1 rings (SSSR count). The van der Waals surface area contributed by atoms with E-state index in [2.05, 4.69) is 5.32 Å². The van der Waals surface area contributed by atoms with Gasteiger partial charge in [-0.1, -0.05) is 12.1 Å². The fraction of sp³-hybridized carbons (Fsp3) is 0.417. The smallest absolute Gasteiger partial charge is 0.381 e. The number of carbonyl (C=O) groups is 1. The quantitative estimate of drug-likeness (QED) is 0.875. The van der Waals surface area contributed by atoms with Crippen molar-refractivity contribution in [3.8, 4) is 0 Å². The van der Waals surface area contributed by atoms with Gasteiger partial charge in [0.25, 0.3) is 5.91 Å². The standard InChI is InChI=1S/C12H14F3NO2/c1-11(2,18)10(17)16-7-8-4-3-5-9(6-8)12(13,14)15/h3-6,18H,7H2,1-2H3,(H,16,17). The minimum absolute atomic E-state index is 0.0628. The van der Waals surface area contributed by atoms with E-state index in [9.17, 15) is 23.1 Å². The Morgan fingerprint density at radius 3 is 2.44 bits per heavy atom. The molecule has 0 aliphatic heterocycles. The van der Waals surface area contributed by atoms with Crippen LogP contribution in [-0.4, -0.2) is 16.6 Å². The molecule has 0 radical (unpaired) electrons. The van der Waals surface area contributed by atoms with Gasteiger partial charge >= 0.3 is 6.18 Å². The second-order valence-corrected chi connectivity index (χ2v) is 4.44. The Morgan fingerprint density at radius 2 is 1.94 bits per heavy atom. The highest BCUT2D eigenvalue weighted by Gasteiger charge is 2.30. The number of benzene rings is 1. The molecule has 0 atom stereocenters.